The number of nitrogens with two attached hydrogens (primary N) is 1. The number of methoxy groups -OCH3 is 1. The third kappa shape index (κ3) is 4.09. The highest BCUT2D eigenvalue weighted by atomic mass is 19.1. The normalized spacial score (nSPS) is 12.3. The molecule has 18 heavy (non-hydrogen) atoms. The van der Waals surface area contributed by atoms with Gasteiger partial charge in [0.2, 0.25) is 0 Å². The number of likely N-dealkylation sites (N-methyl/N-ethyl adjacent to an activating group) is 1. The molecule has 0 fully saturated rings. The van der Waals surface area contributed by atoms with Crippen LogP contribution in [0.15, 0.2) is 18.2 Å². The molecule has 1 unspecified atom stereocenters. The van der Waals surface area contributed by atoms with Gasteiger partial charge in [-0.1, -0.05) is 0 Å². The second-order valence-corrected chi connectivity index (χ2v) is 4.42. The van der Waals surface area contributed by atoms with Crippen LogP contribution in [0, 0.1) is 12.7 Å². The van der Waals surface area contributed by atoms with Crippen LogP contribution in [0.3, 0.4) is 0 Å². The first kappa shape index (κ1) is 14.6. The van der Waals surface area contributed by atoms with E-state index in [1.165, 1.54) is 17.0 Å². The predicted octanol–water partition coefficient (Wildman–Crippen LogP) is 1.18. The Hall–Kier alpha value is -1.46. The lowest BCUT2D eigenvalue weighted by Gasteiger charge is -2.21. The third-order valence-electron chi connectivity index (χ3n) is 2.52. The van der Waals surface area contributed by atoms with Gasteiger partial charge < -0.3 is 15.4 Å². The maximum Gasteiger partial charge on any atom is 0.253 e. The minimum absolute atomic E-state index is 0.246. The summed E-state index contributed by atoms with van der Waals surface area (Å²) in [6.07, 6.45) is 0. The molecule has 0 aliphatic heterocycles. The SMILES string of the molecule is COCC(N)CN(C)C(=O)c1cc(C)cc(F)c1. The molecule has 0 spiro atoms. The number of benzene rings is 1. The van der Waals surface area contributed by atoms with Gasteiger partial charge in [-0.3, -0.25) is 4.79 Å². The van der Waals surface area contributed by atoms with Crippen molar-refractivity contribution in [3.05, 3.63) is 35.1 Å². The highest BCUT2D eigenvalue weighted by Crippen LogP contribution is 2.10. The molecule has 0 heterocycles. The first-order valence-corrected chi connectivity index (χ1v) is 5.71. The van der Waals surface area contributed by atoms with E-state index in [0.29, 0.717) is 24.3 Å². The Labute approximate surface area is 107 Å². The van der Waals surface area contributed by atoms with Crippen LogP contribution >= 0.6 is 0 Å². The quantitative estimate of drug-likeness (QED) is 0.858. The zero-order valence-corrected chi connectivity index (χ0v) is 10.9. The molecule has 4 nitrogen and oxygen atoms in total. The molecular formula is C13H19FN2O2. The summed E-state index contributed by atoms with van der Waals surface area (Å²) in [5, 5.41) is 0. The summed E-state index contributed by atoms with van der Waals surface area (Å²) in [7, 11) is 3.19. The predicted molar refractivity (Wildman–Crippen MR) is 67.9 cm³/mol. The molecule has 0 saturated heterocycles. The van der Waals surface area contributed by atoms with Gasteiger partial charge in [0.15, 0.2) is 0 Å². The van der Waals surface area contributed by atoms with Crippen LogP contribution in [-0.2, 0) is 4.74 Å². The van der Waals surface area contributed by atoms with Gasteiger partial charge in [-0.15, -0.1) is 0 Å². The molecule has 0 saturated carbocycles. The lowest BCUT2D eigenvalue weighted by atomic mass is 10.1. The molecule has 1 amide bonds. The molecular weight excluding hydrogens is 235 g/mol. The number of halogens is 1. The summed E-state index contributed by atoms with van der Waals surface area (Å²) in [6, 6.07) is 4.02. The maximum atomic E-state index is 13.2. The van der Waals surface area contributed by atoms with Gasteiger partial charge in [0.05, 0.1) is 6.61 Å². The van der Waals surface area contributed by atoms with Crippen molar-refractivity contribution >= 4 is 5.91 Å². The molecule has 5 heteroatoms. The van der Waals surface area contributed by atoms with Gasteiger partial charge in [-0.2, -0.15) is 0 Å². The molecule has 1 rings (SSSR count). The number of nitrogens with zero attached hydrogens (tertiary/aromatic N) is 1. The monoisotopic (exact) mass is 254 g/mol. The Morgan fingerprint density at radius 2 is 2.17 bits per heavy atom. The zero-order valence-electron chi connectivity index (χ0n) is 10.9. The number of hydrogen-bond donors (Lipinski definition) is 1. The lowest BCUT2D eigenvalue weighted by molar-refractivity contribution is 0.0764. The van der Waals surface area contributed by atoms with Crippen LogP contribution in [0.4, 0.5) is 4.39 Å². The number of amides is 1. The molecule has 100 valence electrons. The van der Waals surface area contributed by atoms with Gasteiger partial charge in [-0.05, 0) is 30.7 Å². The Morgan fingerprint density at radius 1 is 1.50 bits per heavy atom. The van der Waals surface area contributed by atoms with Crippen molar-refractivity contribution < 1.29 is 13.9 Å². The van der Waals surface area contributed by atoms with Crippen molar-refractivity contribution in [1.82, 2.24) is 4.90 Å². The molecule has 1 aromatic rings. The third-order valence-corrected chi connectivity index (χ3v) is 2.52. The molecule has 0 aromatic heterocycles. The molecule has 1 aromatic carbocycles. The number of rotatable bonds is 5. The molecule has 0 radical (unpaired) electrons. The van der Waals surface area contributed by atoms with Crippen LogP contribution in [0.2, 0.25) is 0 Å². The number of hydrogen-bond acceptors (Lipinski definition) is 3. The van der Waals surface area contributed by atoms with Crippen molar-refractivity contribution in [2.75, 3.05) is 27.3 Å². The van der Waals surface area contributed by atoms with Crippen LogP contribution in [0.1, 0.15) is 15.9 Å². The smallest absolute Gasteiger partial charge is 0.253 e. The minimum Gasteiger partial charge on any atom is -0.383 e. The Morgan fingerprint density at radius 3 is 2.72 bits per heavy atom. The Balaban J connectivity index is 2.74. The minimum atomic E-state index is -0.409. The first-order chi connectivity index (χ1) is 8.43. The lowest BCUT2D eigenvalue weighted by Crippen LogP contribution is -2.41. The summed E-state index contributed by atoms with van der Waals surface area (Å²) < 4.78 is 18.1. The zero-order chi connectivity index (χ0) is 13.7. The summed E-state index contributed by atoms with van der Waals surface area (Å²) in [5.41, 5.74) is 6.82. The van der Waals surface area contributed by atoms with Crippen molar-refractivity contribution in [1.29, 1.82) is 0 Å². The van der Waals surface area contributed by atoms with E-state index in [1.807, 2.05) is 0 Å². The van der Waals surface area contributed by atoms with Gasteiger partial charge in [0.25, 0.3) is 5.91 Å². The Kier molecular flexibility index (Phi) is 5.25. The molecule has 2 N–H and O–H groups in total. The summed E-state index contributed by atoms with van der Waals surface area (Å²) >= 11 is 0. The summed E-state index contributed by atoms with van der Waals surface area (Å²) in [6.45, 7) is 2.48. The van der Waals surface area contributed by atoms with Crippen molar-refractivity contribution in [3.63, 3.8) is 0 Å². The molecule has 0 bridgehead atoms. The number of aryl methyl sites for hydroxylation is 1. The second kappa shape index (κ2) is 6.47. The van der Waals surface area contributed by atoms with E-state index in [0.717, 1.165) is 0 Å². The largest absolute Gasteiger partial charge is 0.383 e. The van der Waals surface area contributed by atoms with Crippen LogP contribution < -0.4 is 5.73 Å². The average molecular weight is 254 g/mol. The number of carbonyl (C=O) groups excluding carboxylic acids is 1. The van der Waals surface area contributed by atoms with E-state index >= 15 is 0 Å². The van der Waals surface area contributed by atoms with Crippen molar-refractivity contribution in [2.24, 2.45) is 5.73 Å². The topological polar surface area (TPSA) is 55.6 Å². The number of ether oxygens (including phenoxy) is 1. The van der Waals surface area contributed by atoms with Gasteiger partial charge in [-0.25, -0.2) is 4.39 Å². The fraction of sp³-hybridized carbons (Fsp3) is 0.462. The van der Waals surface area contributed by atoms with E-state index in [-0.39, 0.29) is 11.9 Å². The summed E-state index contributed by atoms with van der Waals surface area (Å²) in [4.78, 5) is 13.5. The van der Waals surface area contributed by atoms with E-state index in [4.69, 9.17) is 10.5 Å². The van der Waals surface area contributed by atoms with Gasteiger partial charge in [0.1, 0.15) is 5.82 Å². The van der Waals surface area contributed by atoms with E-state index in [2.05, 4.69) is 0 Å². The van der Waals surface area contributed by atoms with Crippen LogP contribution in [0.25, 0.3) is 0 Å². The van der Waals surface area contributed by atoms with E-state index in [9.17, 15) is 9.18 Å². The standard InChI is InChI=1S/C13H19FN2O2/c1-9-4-10(6-11(14)5-9)13(17)16(2)7-12(15)8-18-3/h4-6,12H,7-8,15H2,1-3H3. The molecule has 0 aliphatic carbocycles. The van der Waals surface area contributed by atoms with Crippen LogP contribution in [-0.4, -0.2) is 44.2 Å². The van der Waals surface area contributed by atoms with E-state index < -0.39 is 5.82 Å². The summed E-state index contributed by atoms with van der Waals surface area (Å²) in [5.74, 6) is -0.655. The second-order valence-electron chi connectivity index (χ2n) is 4.42. The fourth-order valence-corrected chi connectivity index (χ4v) is 1.78. The maximum absolute atomic E-state index is 13.2. The Bertz CT molecular complexity index is 403. The highest BCUT2D eigenvalue weighted by Gasteiger charge is 2.15. The van der Waals surface area contributed by atoms with Crippen LogP contribution in [0.5, 0.6) is 0 Å². The van der Waals surface area contributed by atoms with Gasteiger partial charge in [0, 0.05) is 32.3 Å². The molecule has 1 atom stereocenters. The average Bonchev–Trinajstić information content (AvgIpc) is 2.26. The van der Waals surface area contributed by atoms with Gasteiger partial charge >= 0.3 is 0 Å². The number of carbonyl (C=O) groups is 1. The first-order valence-electron chi connectivity index (χ1n) is 5.71. The van der Waals surface area contributed by atoms with Crippen molar-refractivity contribution in [3.8, 4) is 0 Å². The van der Waals surface area contributed by atoms with E-state index in [1.54, 1.807) is 27.1 Å². The van der Waals surface area contributed by atoms with Crippen molar-refractivity contribution in [2.45, 2.75) is 13.0 Å². The molecule has 0 aliphatic rings. The fourth-order valence-electron chi connectivity index (χ4n) is 1.78. The highest BCUT2D eigenvalue weighted by molar-refractivity contribution is 5.94.